The summed E-state index contributed by atoms with van der Waals surface area (Å²) < 4.78 is 0. The Kier molecular flexibility index (Phi) is 6.60. The van der Waals surface area contributed by atoms with Crippen LogP contribution in [0.1, 0.15) is 56.1 Å². The maximum absolute atomic E-state index is 12.6. The number of benzene rings is 1. The first-order chi connectivity index (χ1) is 13.4. The first-order valence-electron chi connectivity index (χ1n) is 10.5. The van der Waals surface area contributed by atoms with E-state index in [-0.39, 0.29) is 23.9 Å². The summed E-state index contributed by atoms with van der Waals surface area (Å²) in [6, 6.07) is 5.90. The van der Waals surface area contributed by atoms with Crippen LogP contribution in [0.3, 0.4) is 0 Å². The fourth-order valence-corrected chi connectivity index (χ4v) is 4.36. The minimum Gasteiger partial charge on any atom is -0.341 e. The lowest BCUT2D eigenvalue weighted by molar-refractivity contribution is -0.136. The van der Waals surface area contributed by atoms with Gasteiger partial charge in [-0.15, -0.1) is 0 Å². The smallest absolute Gasteiger partial charge is 0.319 e. The SMILES string of the molecule is Cc1cccc(C)c1NC(=O)NC1CCC([C@H](N)C(=O)N(C)C2CCC2)CC1. The van der Waals surface area contributed by atoms with E-state index in [2.05, 4.69) is 10.6 Å². The Hall–Kier alpha value is -2.08. The molecule has 28 heavy (non-hydrogen) atoms. The fourth-order valence-electron chi connectivity index (χ4n) is 4.36. The molecule has 0 heterocycles. The van der Waals surface area contributed by atoms with Crippen molar-refractivity contribution in [2.75, 3.05) is 12.4 Å². The Bertz CT molecular complexity index is 688. The number of amides is 3. The van der Waals surface area contributed by atoms with E-state index < -0.39 is 6.04 Å². The van der Waals surface area contributed by atoms with Gasteiger partial charge in [0.05, 0.1) is 6.04 Å². The minimum absolute atomic E-state index is 0.0777. The van der Waals surface area contributed by atoms with Crippen molar-refractivity contribution in [3.8, 4) is 0 Å². The summed E-state index contributed by atoms with van der Waals surface area (Å²) >= 11 is 0. The van der Waals surface area contributed by atoms with Gasteiger partial charge in [0.2, 0.25) is 5.91 Å². The molecule has 2 fully saturated rings. The molecular formula is C22H34N4O2. The number of carbonyl (C=O) groups is 2. The maximum atomic E-state index is 12.6. The standard InChI is InChI=1S/C22H34N4O2/c1-14-6-4-7-15(2)20(14)25-22(28)24-17-12-10-16(11-13-17)19(23)21(27)26(3)18-8-5-9-18/h4,6-7,16-19H,5,8-13,23H2,1-3H3,(H2,24,25,28)/t16?,17?,19-/m0/s1. The van der Waals surface area contributed by atoms with Gasteiger partial charge in [0.1, 0.15) is 0 Å². The average molecular weight is 387 g/mol. The third-order valence-corrected chi connectivity index (χ3v) is 6.59. The molecule has 2 saturated carbocycles. The van der Waals surface area contributed by atoms with Gasteiger partial charge in [-0.3, -0.25) is 4.79 Å². The molecule has 0 aromatic heterocycles. The second-order valence-corrected chi connectivity index (χ2v) is 8.54. The lowest BCUT2D eigenvalue weighted by atomic mass is 9.81. The van der Waals surface area contributed by atoms with Crippen molar-refractivity contribution in [1.82, 2.24) is 10.2 Å². The van der Waals surface area contributed by atoms with Crippen LogP contribution in [0.25, 0.3) is 0 Å². The number of carbonyl (C=O) groups excluding carboxylic acids is 2. The molecule has 2 aliphatic carbocycles. The van der Waals surface area contributed by atoms with Gasteiger partial charge in [-0.2, -0.15) is 0 Å². The molecule has 0 spiro atoms. The van der Waals surface area contributed by atoms with Crippen LogP contribution in [0.5, 0.6) is 0 Å². The van der Waals surface area contributed by atoms with Gasteiger partial charge < -0.3 is 21.3 Å². The predicted molar refractivity (Wildman–Crippen MR) is 112 cm³/mol. The number of anilines is 1. The van der Waals surface area contributed by atoms with E-state index in [9.17, 15) is 9.59 Å². The number of para-hydroxylation sites is 1. The monoisotopic (exact) mass is 386 g/mol. The molecule has 154 valence electrons. The fraction of sp³-hybridized carbons (Fsp3) is 0.636. The molecule has 0 saturated heterocycles. The third-order valence-electron chi connectivity index (χ3n) is 6.59. The van der Waals surface area contributed by atoms with Crippen molar-refractivity contribution in [3.63, 3.8) is 0 Å². The van der Waals surface area contributed by atoms with Crippen molar-refractivity contribution < 1.29 is 9.59 Å². The summed E-state index contributed by atoms with van der Waals surface area (Å²) in [5.74, 6) is 0.281. The molecule has 6 nitrogen and oxygen atoms in total. The van der Waals surface area contributed by atoms with E-state index in [0.717, 1.165) is 55.3 Å². The molecule has 0 radical (unpaired) electrons. The van der Waals surface area contributed by atoms with Gasteiger partial charge in [0, 0.05) is 24.8 Å². The number of aryl methyl sites for hydroxylation is 2. The molecule has 4 N–H and O–H groups in total. The number of nitrogens with one attached hydrogen (secondary N) is 2. The highest BCUT2D eigenvalue weighted by atomic mass is 16.2. The topological polar surface area (TPSA) is 87.5 Å². The highest BCUT2D eigenvalue weighted by Gasteiger charge is 2.34. The van der Waals surface area contributed by atoms with Crippen LogP contribution in [0, 0.1) is 19.8 Å². The second kappa shape index (κ2) is 8.95. The predicted octanol–water partition coefficient (Wildman–Crippen LogP) is 3.32. The summed E-state index contributed by atoms with van der Waals surface area (Å²) in [6.07, 6.45) is 6.87. The molecule has 0 aliphatic heterocycles. The highest BCUT2D eigenvalue weighted by molar-refractivity contribution is 5.91. The molecule has 1 aromatic carbocycles. The van der Waals surface area contributed by atoms with Crippen LogP contribution in [-0.2, 0) is 4.79 Å². The van der Waals surface area contributed by atoms with E-state index in [4.69, 9.17) is 5.73 Å². The van der Waals surface area contributed by atoms with Gasteiger partial charge in [-0.25, -0.2) is 4.79 Å². The lowest BCUT2D eigenvalue weighted by Gasteiger charge is -2.38. The van der Waals surface area contributed by atoms with Crippen molar-refractivity contribution in [1.29, 1.82) is 0 Å². The third kappa shape index (κ3) is 4.66. The van der Waals surface area contributed by atoms with Gasteiger partial charge in [-0.1, -0.05) is 18.2 Å². The number of nitrogens with zero attached hydrogens (tertiary/aromatic N) is 1. The van der Waals surface area contributed by atoms with Crippen LogP contribution in [0.15, 0.2) is 18.2 Å². The normalized spacial score (nSPS) is 23.4. The van der Waals surface area contributed by atoms with Gasteiger partial charge in [0.25, 0.3) is 0 Å². The molecule has 3 amide bonds. The number of likely N-dealkylation sites (N-methyl/N-ethyl adjacent to an activating group) is 1. The summed E-state index contributed by atoms with van der Waals surface area (Å²) in [5, 5.41) is 6.07. The van der Waals surface area contributed by atoms with Gasteiger partial charge >= 0.3 is 6.03 Å². The number of urea groups is 1. The Labute approximate surface area is 168 Å². The summed E-state index contributed by atoms with van der Waals surface area (Å²) in [6.45, 7) is 3.99. The van der Waals surface area contributed by atoms with Crippen molar-refractivity contribution in [2.45, 2.75) is 76.9 Å². The van der Waals surface area contributed by atoms with Gasteiger partial charge in [0.15, 0.2) is 0 Å². The second-order valence-electron chi connectivity index (χ2n) is 8.54. The van der Waals surface area contributed by atoms with Crippen LogP contribution in [0.4, 0.5) is 10.5 Å². The Balaban J connectivity index is 1.46. The first kappa shape index (κ1) is 20.6. The lowest BCUT2D eigenvalue weighted by Crippen LogP contribution is -2.52. The van der Waals surface area contributed by atoms with Gasteiger partial charge in [-0.05, 0) is 75.8 Å². The zero-order valence-corrected chi connectivity index (χ0v) is 17.3. The van der Waals surface area contributed by atoms with Crippen molar-refractivity contribution >= 4 is 17.6 Å². The summed E-state index contributed by atoms with van der Waals surface area (Å²) in [7, 11) is 1.89. The largest absolute Gasteiger partial charge is 0.341 e. The molecule has 6 heteroatoms. The van der Waals surface area contributed by atoms with E-state index in [1.807, 2.05) is 44.0 Å². The van der Waals surface area contributed by atoms with E-state index >= 15 is 0 Å². The molecule has 0 unspecified atom stereocenters. The first-order valence-corrected chi connectivity index (χ1v) is 10.5. The highest BCUT2D eigenvalue weighted by Crippen LogP contribution is 2.29. The Morgan fingerprint density at radius 2 is 1.68 bits per heavy atom. The van der Waals surface area contributed by atoms with Crippen LogP contribution < -0.4 is 16.4 Å². The Morgan fingerprint density at radius 1 is 1.07 bits per heavy atom. The molecular weight excluding hydrogens is 352 g/mol. The van der Waals surface area contributed by atoms with Crippen LogP contribution in [0.2, 0.25) is 0 Å². The summed E-state index contributed by atoms with van der Waals surface area (Å²) in [5.41, 5.74) is 9.29. The van der Waals surface area contributed by atoms with Crippen molar-refractivity contribution in [2.24, 2.45) is 11.7 Å². The van der Waals surface area contributed by atoms with E-state index in [1.54, 1.807) is 0 Å². The Morgan fingerprint density at radius 3 is 2.21 bits per heavy atom. The number of hydrogen-bond acceptors (Lipinski definition) is 3. The molecule has 2 aliphatic rings. The zero-order valence-electron chi connectivity index (χ0n) is 17.3. The van der Waals surface area contributed by atoms with Crippen LogP contribution >= 0.6 is 0 Å². The van der Waals surface area contributed by atoms with E-state index in [0.29, 0.717) is 6.04 Å². The number of rotatable bonds is 5. The number of nitrogens with two attached hydrogens (primary N) is 1. The average Bonchev–Trinajstić information content (AvgIpc) is 2.63. The molecule has 0 bridgehead atoms. The maximum Gasteiger partial charge on any atom is 0.319 e. The molecule has 3 rings (SSSR count). The van der Waals surface area contributed by atoms with E-state index in [1.165, 1.54) is 6.42 Å². The minimum atomic E-state index is -0.421. The molecule has 1 atom stereocenters. The molecule has 1 aromatic rings. The van der Waals surface area contributed by atoms with Crippen LogP contribution in [-0.4, -0.2) is 42.0 Å². The zero-order chi connectivity index (χ0) is 20.3. The summed E-state index contributed by atoms with van der Waals surface area (Å²) in [4.78, 5) is 26.9. The quantitative estimate of drug-likeness (QED) is 0.725. The number of hydrogen-bond donors (Lipinski definition) is 3. The van der Waals surface area contributed by atoms with Crippen molar-refractivity contribution in [3.05, 3.63) is 29.3 Å².